The molecule has 2 N–H and O–H groups in total. The lowest BCUT2D eigenvalue weighted by atomic mass is 10.0. The summed E-state index contributed by atoms with van der Waals surface area (Å²) in [5.41, 5.74) is 5.78. The summed E-state index contributed by atoms with van der Waals surface area (Å²) in [5, 5.41) is 0. The largest absolute Gasteiger partial charge is 0.444 e. The van der Waals surface area contributed by atoms with Gasteiger partial charge >= 0.3 is 6.09 Å². The molecule has 2 heterocycles. The first-order chi connectivity index (χ1) is 12.7. The molecule has 1 atom stereocenters. The Kier molecular flexibility index (Phi) is 10.3. The highest BCUT2D eigenvalue weighted by Gasteiger charge is 2.27. The molecule has 0 aromatic carbocycles. The van der Waals surface area contributed by atoms with Crippen molar-refractivity contribution in [2.75, 3.05) is 59.0 Å². The van der Waals surface area contributed by atoms with Crippen molar-refractivity contribution >= 4 is 36.0 Å². The summed E-state index contributed by atoms with van der Waals surface area (Å²) < 4.78 is 10.9. The first kappa shape index (κ1) is 25.2. The first-order valence-electron chi connectivity index (χ1n) is 10.0. The van der Waals surface area contributed by atoms with Gasteiger partial charge in [0, 0.05) is 45.3 Å². The first-order valence-corrected chi connectivity index (χ1v) is 10.0. The number of ether oxygens (including phenoxy) is 2. The van der Waals surface area contributed by atoms with Crippen LogP contribution in [0.3, 0.4) is 0 Å². The fourth-order valence-corrected chi connectivity index (χ4v) is 3.39. The van der Waals surface area contributed by atoms with Gasteiger partial charge in [0.05, 0.1) is 19.8 Å². The Morgan fingerprint density at radius 3 is 2.11 bits per heavy atom. The van der Waals surface area contributed by atoms with Crippen LogP contribution in [0.5, 0.6) is 0 Å². The average molecular weight is 511 g/mol. The van der Waals surface area contributed by atoms with Gasteiger partial charge in [-0.1, -0.05) is 13.8 Å². The fraction of sp³-hybridized carbons (Fsp3) is 0.895. The molecule has 2 rings (SSSR count). The number of guanidine groups is 1. The summed E-state index contributed by atoms with van der Waals surface area (Å²) in [6.45, 7) is 16.8. The van der Waals surface area contributed by atoms with Crippen molar-refractivity contribution in [2.24, 2.45) is 16.6 Å². The van der Waals surface area contributed by atoms with Crippen molar-refractivity contribution in [3.8, 4) is 0 Å². The van der Waals surface area contributed by atoms with E-state index in [0.717, 1.165) is 26.3 Å². The predicted molar refractivity (Wildman–Crippen MR) is 122 cm³/mol. The lowest BCUT2D eigenvalue weighted by Crippen LogP contribution is -2.54. The third-order valence-electron chi connectivity index (χ3n) is 4.98. The zero-order valence-electron chi connectivity index (χ0n) is 18.0. The number of halogens is 1. The van der Waals surface area contributed by atoms with E-state index < -0.39 is 5.60 Å². The van der Waals surface area contributed by atoms with Gasteiger partial charge in [-0.3, -0.25) is 9.89 Å². The Bertz CT molecular complexity index is 510. The van der Waals surface area contributed by atoms with Gasteiger partial charge in [0.2, 0.25) is 0 Å². The molecule has 1 amide bonds. The van der Waals surface area contributed by atoms with E-state index >= 15 is 0 Å². The number of hydrogen-bond acceptors (Lipinski definition) is 5. The number of carbonyl (C=O) groups is 1. The predicted octanol–water partition coefficient (Wildman–Crippen LogP) is 1.83. The highest BCUT2D eigenvalue weighted by molar-refractivity contribution is 14.0. The van der Waals surface area contributed by atoms with Crippen LogP contribution in [-0.2, 0) is 9.47 Å². The maximum Gasteiger partial charge on any atom is 0.410 e. The Morgan fingerprint density at radius 2 is 1.61 bits per heavy atom. The van der Waals surface area contributed by atoms with Gasteiger partial charge in [0.15, 0.2) is 5.96 Å². The monoisotopic (exact) mass is 511 g/mol. The van der Waals surface area contributed by atoms with Gasteiger partial charge in [0.1, 0.15) is 5.60 Å². The second kappa shape index (κ2) is 11.4. The molecule has 9 heteroatoms. The average Bonchev–Trinajstić information content (AvgIpc) is 2.61. The smallest absolute Gasteiger partial charge is 0.410 e. The number of nitrogens with two attached hydrogens (primary N) is 1. The van der Waals surface area contributed by atoms with Crippen molar-refractivity contribution < 1.29 is 14.3 Å². The summed E-state index contributed by atoms with van der Waals surface area (Å²) in [4.78, 5) is 23.1. The number of hydrogen-bond donors (Lipinski definition) is 1. The van der Waals surface area contributed by atoms with E-state index in [2.05, 4.69) is 28.6 Å². The highest BCUT2D eigenvalue weighted by Crippen LogP contribution is 2.14. The zero-order valence-corrected chi connectivity index (χ0v) is 20.3. The van der Waals surface area contributed by atoms with E-state index in [4.69, 9.17) is 15.2 Å². The summed E-state index contributed by atoms with van der Waals surface area (Å²) in [7, 11) is 0. The Balaban J connectivity index is 0.00000392. The minimum atomic E-state index is -0.472. The quantitative estimate of drug-likeness (QED) is 0.353. The molecule has 2 fully saturated rings. The Labute approximate surface area is 186 Å². The van der Waals surface area contributed by atoms with E-state index in [1.807, 2.05) is 20.8 Å². The number of nitrogens with zero attached hydrogens (tertiary/aromatic N) is 4. The van der Waals surface area contributed by atoms with Gasteiger partial charge in [-0.05, 0) is 26.7 Å². The van der Waals surface area contributed by atoms with Crippen LogP contribution in [0, 0.1) is 5.92 Å². The van der Waals surface area contributed by atoms with Crippen LogP contribution in [0.2, 0.25) is 0 Å². The zero-order chi connectivity index (χ0) is 20.0. The van der Waals surface area contributed by atoms with Gasteiger partial charge in [-0.15, -0.1) is 24.0 Å². The summed E-state index contributed by atoms with van der Waals surface area (Å²) in [6, 6.07) is 0.371. The fourth-order valence-electron chi connectivity index (χ4n) is 3.39. The third kappa shape index (κ3) is 7.90. The topological polar surface area (TPSA) is 83.6 Å². The normalized spacial score (nSPS) is 20.7. The molecule has 2 aliphatic heterocycles. The van der Waals surface area contributed by atoms with Crippen LogP contribution in [0.4, 0.5) is 4.79 Å². The molecule has 164 valence electrons. The second-order valence-corrected chi connectivity index (χ2v) is 8.61. The standard InChI is InChI=1S/C19H37N5O3.HI/c1-15(2)16(22-10-12-26-13-11-22)14-21-17(20)23-6-8-24(9-7-23)18(25)27-19(3,4)5;/h15-16H,6-14H2,1-5H3,(H2,20,21);1H. The molecular weight excluding hydrogens is 473 g/mol. The molecule has 2 aliphatic rings. The van der Waals surface area contributed by atoms with Crippen LogP contribution in [0.15, 0.2) is 4.99 Å². The van der Waals surface area contributed by atoms with E-state index in [1.54, 1.807) is 4.90 Å². The molecule has 0 spiro atoms. The molecule has 0 saturated carbocycles. The molecule has 0 radical (unpaired) electrons. The summed E-state index contributed by atoms with van der Waals surface area (Å²) >= 11 is 0. The maximum absolute atomic E-state index is 12.2. The van der Waals surface area contributed by atoms with Crippen molar-refractivity contribution in [3.05, 3.63) is 0 Å². The van der Waals surface area contributed by atoms with Gasteiger partial charge in [0.25, 0.3) is 0 Å². The van der Waals surface area contributed by atoms with Crippen molar-refractivity contribution in [1.29, 1.82) is 0 Å². The van der Waals surface area contributed by atoms with E-state index in [-0.39, 0.29) is 30.1 Å². The molecule has 28 heavy (non-hydrogen) atoms. The highest BCUT2D eigenvalue weighted by atomic mass is 127. The van der Waals surface area contributed by atoms with Gasteiger partial charge in [-0.2, -0.15) is 0 Å². The van der Waals surface area contributed by atoms with Gasteiger partial charge in [-0.25, -0.2) is 4.79 Å². The molecule has 0 bridgehead atoms. The number of rotatable bonds is 4. The molecule has 8 nitrogen and oxygen atoms in total. The van der Waals surface area contributed by atoms with Crippen LogP contribution in [0.1, 0.15) is 34.6 Å². The minimum Gasteiger partial charge on any atom is -0.444 e. The van der Waals surface area contributed by atoms with Crippen LogP contribution in [0.25, 0.3) is 0 Å². The molecule has 1 unspecified atom stereocenters. The molecule has 0 aliphatic carbocycles. The van der Waals surface area contributed by atoms with Crippen LogP contribution < -0.4 is 5.73 Å². The number of carbonyl (C=O) groups excluding carboxylic acids is 1. The van der Waals surface area contributed by atoms with Crippen molar-refractivity contribution in [1.82, 2.24) is 14.7 Å². The Hall–Kier alpha value is -0.810. The summed E-state index contributed by atoms with van der Waals surface area (Å²) in [6.07, 6.45) is -0.259. The lowest BCUT2D eigenvalue weighted by molar-refractivity contribution is 0.00851. The molecule has 0 aromatic heterocycles. The molecule has 0 aromatic rings. The number of morpholine rings is 1. The van der Waals surface area contributed by atoms with Crippen molar-refractivity contribution in [3.63, 3.8) is 0 Å². The van der Waals surface area contributed by atoms with Crippen LogP contribution >= 0.6 is 24.0 Å². The third-order valence-corrected chi connectivity index (χ3v) is 4.98. The second-order valence-electron chi connectivity index (χ2n) is 8.61. The molecule has 2 saturated heterocycles. The van der Waals surface area contributed by atoms with Crippen molar-refractivity contribution in [2.45, 2.75) is 46.3 Å². The molecular formula is C19H38IN5O3. The maximum atomic E-state index is 12.2. The van der Waals surface area contributed by atoms with E-state index in [0.29, 0.717) is 50.6 Å². The number of amides is 1. The lowest BCUT2D eigenvalue weighted by Gasteiger charge is -2.37. The van der Waals surface area contributed by atoms with E-state index in [1.165, 1.54) is 0 Å². The van der Waals surface area contributed by atoms with E-state index in [9.17, 15) is 4.79 Å². The SMILES string of the molecule is CC(C)C(CN=C(N)N1CCN(C(=O)OC(C)(C)C)CC1)N1CCOCC1.I. The number of piperazine rings is 1. The number of aliphatic imine (C=N–C) groups is 1. The Morgan fingerprint density at radius 1 is 1.07 bits per heavy atom. The summed E-state index contributed by atoms with van der Waals surface area (Å²) in [5.74, 6) is 1.07. The van der Waals surface area contributed by atoms with Gasteiger partial charge < -0.3 is 25.0 Å². The minimum absolute atomic E-state index is 0. The van der Waals surface area contributed by atoms with Crippen LogP contribution in [-0.4, -0.2) is 97.4 Å².